The smallest absolute Gasteiger partial charge is 0.162 e. The molecule has 0 fully saturated rings. The number of aromatic nitrogens is 2. The van der Waals surface area contributed by atoms with Gasteiger partial charge in [0.1, 0.15) is 21.6 Å². The molecule has 0 aliphatic carbocycles. The van der Waals surface area contributed by atoms with E-state index >= 15 is 0 Å². The zero-order valence-electron chi connectivity index (χ0n) is 11.7. The van der Waals surface area contributed by atoms with Crippen molar-refractivity contribution in [3.05, 3.63) is 11.9 Å². The number of rotatable bonds is 7. The molecule has 110 valence electrons. The number of nitrogens with zero attached hydrogens (tertiary/aromatic N) is 3. The lowest BCUT2D eigenvalue weighted by Crippen LogP contribution is -2.23. The van der Waals surface area contributed by atoms with E-state index in [0.717, 1.165) is 12.8 Å². The van der Waals surface area contributed by atoms with Crippen molar-refractivity contribution in [3.63, 3.8) is 0 Å². The third-order valence-corrected chi connectivity index (χ3v) is 3.52. The fraction of sp³-hybridized carbons (Fsp3) is 0.727. The van der Waals surface area contributed by atoms with Gasteiger partial charge in [-0.1, -0.05) is 0 Å². The average Bonchev–Trinajstić information content (AvgIpc) is 2.66. The van der Waals surface area contributed by atoms with Gasteiger partial charge in [-0.25, -0.2) is 8.42 Å². The first kappa shape index (κ1) is 15.9. The quantitative estimate of drug-likeness (QED) is 0.731. The Morgan fingerprint density at radius 2 is 2.16 bits per heavy atom. The molecule has 0 bridgehead atoms. The molecule has 0 amide bonds. The molecule has 1 unspecified atom stereocenters. The average molecular weight is 291 g/mol. The molecule has 0 aliphatic heterocycles. The first-order valence-electron chi connectivity index (χ1n) is 5.85. The van der Waals surface area contributed by atoms with Crippen molar-refractivity contribution in [1.29, 1.82) is 0 Å². The molecule has 0 aromatic carbocycles. The third-order valence-electron chi connectivity index (χ3n) is 2.60. The van der Waals surface area contributed by atoms with Crippen LogP contribution in [0.1, 0.15) is 11.8 Å². The summed E-state index contributed by atoms with van der Waals surface area (Å²) < 4.78 is 29.2. The number of aliphatic hydroxyl groups excluding tert-OH is 1. The summed E-state index contributed by atoms with van der Waals surface area (Å²) in [5, 5.41) is 14.2. The Balaban J connectivity index is 2.98. The largest absolute Gasteiger partial charge is 0.493 e. The fourth-order valence-corrected chi connectivity index (χ4v) is 2.44. The molecule has 7 nitrogen and oxygen atoms in total. The Kier molecular flexibility index (Phi) is 5.33. The van der Waals surface area contributed by atoms with E-state index in [1.165, 1.54) is 13.3 Å². The van der Waals surface area contributed by atoms with Crippen LogP contribution in [-0.4, -0.2) is 68.0 Å². The zero-order valence-corrected chi connectivity index (χ0v) is 12.5. The summed E-state index contributed by atoms with van der Waals surface area (Å²) in [5.41, 5.74) is 0.398. The van der Waals surface area contributed by atoms with Gasteiger partial charge in [0, 0.05) is 12.8 Å². The van der Waals surface area contributed by atoms with Crippen molar-refractivity contribution >= 4 is 9.84 Å². The number of ether oxygens (including phenoxy) is 1. The minimum Gasteiger partial charge on any atom is -0.493 e. The Morgan fingerprint density at radius 1 is 1.53 bits per heavy atom. The van der Waals surface area contributed by atoms with Crippen LogP contribution in [0.5, 0.6) is 5.75 Å². The molecule has 1 rings (SSSR count). The maximum absolute atomic E-state index is 11.3. The van der Waals surface area contributed by atoms with Gasteiger partial charge in [0.05, 0.1) is 25.6 Å². The van der Waals surface area contributed by atoms with Gasteiger partial charge < -0.3 is 14.7 Å². The molecule has 0 spiro atoms. The number of hydrogen-bond donors (Lipinski definition) is 1. The van der Waals surface area contributed by atoms with E-state index < -0.39 is 15.9 Å². The van der Waals surface area contributed by atoms with E-state index in [1.807, 2.05) is 19.0 Å². The topological polar surface area (TPSA) is 84.7 Å². The maximum atomic E-state index is 11.3. The van der Waals surface area contributed by atoms with Crippen molar-refractivity contribution in [2.75, 3.05) is 39.8 Å². The van der Waals surface area contributed by atoms with E-state index in [2.05, 4.69) is 5.10 Å². The van der Waals surface area contributed by atoms with Crippen molar-refractivity contribution in [2.24, 2.45) is 0 Å². The fourth-order valence-electron chi connectivity index (χ4n) is 1.71. The van der Waals surface area contributed by atoms with Gasteiger partial charge in [-0.15, -0.1) is 0 Å². The molecular weight excluding hydrogens is 270 g/mol. The van der Waals surface area contributed by atoms with Crippen LogP contribution >= 0.6 is 0 Å². The van der Waals surface area contributed by atoms with E-state index in [1.54, 1.807) is 4.68 Å². The van der Waals surface area contributed by atoms with E-state index in [-0.39, 0.29) is 5.75 Å². The Morgan fingerprint density at radius 3 is 2.63 bits per heavy atom. The lowest BCUT2D eigenvalue weighted by molar-refractivity contribution is 0.183. The molecule has 0 saturated heterocycles. The summed E-state index contributed by atoms with van der Waals surface area (Å²) in [6.45, 7) is 1.27. The lowest BCUT2D eigenvalue weighted by atomic mass is 10.2. The summed E-state index contributed by atoms with van der Waals surface area (Å²) in [4.78, 5) is 1.97. The van der Waals surface area contributed by atoms with Crippen LogP contribution in [0, 0.1) is 0 Å². The Hall–Kier alpha value is -1.12. The third kappa shape index (κ3) is 4.81. The number of likely N-dealkylation sites (N-methyl/N-ethyl adjacent to an activating group) is 1. The van der Waals surface area contributed by atoms with E-state index in [9.17, 15) is 13.5 Å². The Bertz CT molecular complexity index is 510. The summed E-state index contributed by atoms with van der Waals surface area (Å²) in [7, 11) is 2.03. The van der Waals surface area contributed by atoms with Crippen molar-refractivity contribution in [2.45, 2.75) is 12.6 Å². The van der Waals surface area contributed by atoms with Gasteiger partial charge in [0.25, 0.3) is 0 Å². The van der Waals surface area contributed by atoms with Crippen LogP contribution < -0.4 is 4.74 Å². The number of aliphatic hydroxyl groups is 1. The summed E-state index contributed by atoms with van der Waals surface area (Å²) >= 11 is 0. The molecule has 1 atom stereocenters. The molecule has 19 heavy (non-hydrogen) atoms. The highest BCUT2D eigenvalue weighted by Crippen LogP contribution is 2.25. The molecule has 1 N–H and O–H groups in total. The van der Waals surface area contributed by atoms with E-state index in [4.69, 9.17) is 4.74 Å². The number of methoxy groups -OCH3 is 1. The van der Waals surface area contributed by atoms with Gasteiger partial charge in [0.15, 0.2) is 5.75 Å². The molecule has 1 aromatic rings. The predicted octanol–water partition coefficient (Wildman–Crippen LogP) is -0.469. The van der Waals surface area contributed by atoms with E-state index in [0.29, 0.717) is 18.0 Å². The minimum absolute atomic E-state index is 0.350. The van der Waals surface area contributed by atoms with Crippen LogP contribution in [0.25, 0.3) is 0 Å². The molecule has 1 heterocycles. The minimum atomic E-state index is -3.28. The second-order valence-corrected chi connectivity index (χ2v) is 6.92. The zero-order chi connectivity index (χ0) is 14.6. The van der Waals surface area contributed by atoms with Gasteiger partial charge in [-0.05, 0) is 14.1 Å². The highest BCUT2D eigenvalue weighted by atomic mass is 32.2. The predicted molar refractivity (Wildman–Crippen MR) is 72.0 cm³/mol. The second-order valence-electron chi connectivity index (χ2n) is 4.73. The van der Waals surface area contributed by atoms with Crippen LogP contribution in [0.4, 0.5) is 0 Å². The second kappa shape index (κ2) is 6.36. The maximum Gasteiger partial charge on any atom is 0.162 e. The van der Waals surface area contributed by atoms with Gasteiger partial charge >= 0.3 is 0 Å². The Labute approximate surface area is 113 Å². The van der Waals surface area contributed by atoms with Crippen molar-refractivity contribution in [3.8, 4) is 5.75 Å². The van der Waals surface area contributed by atoms with Crippen molar-refractivity contribution < 1.29 is 18.3 Å². The first-order chi connectivity index (χ1) is 8.74. The van der Waals surface area contributed by atoms with Crippen LogP contribution in [0.3, 0.4) is 0 Å². The molecule has 0 radical (unpaired) electrons. The van der Waals surface area contributed by atoms with Gasteiger partial charge in [-0.2, -0.15) is 5.10 Å². The van der Waals surface area contributed by atoms with Gasteiger partial charge in [0.2, 0.25) is 0 Å². The SMILES string of the molecule is COc1cnn(CCN(C)C)c1C(O)CS(C)(=O)=O. The normalized spacial score (nSPS) is 13.8. The standard InChI is InChI=1S/C11H21N3O4S/c1-13(2)5-6-14-11(10(18-3)7-12-14)9(15)8-19(4,16)17/h7,9,15H,5-6,8H2,1-4H3. The van der Waals surface area contributed by atoms with Crippen LogP contribution in [0.2, 0.25) is 0 Å². The summed E-state index contributed by atoms with van der Waals surface area (Å²) in [6, 6.07) is 0. The summed E-state index contributed by atoms with van der Waals surface area (Å²) in [5.74, 6) is 0.0479. The van der Waals surface area contributed by atoms with Crippen LogP contribution in [0.15, 0.2) is 6.20 Å². The van der Waals surface area contributed by atoms with Gasteiger partial charge in [-0.3, -0.25) is 4.68 Å². The first-order valence-corrected chi connectivity index (χ1v) is 7.91. The van der Waals surface area contributed by atoms with Crippen LogP contribution in [-0.2, 0) is 16.4 Å². The summed E-state index contributed by atoms with van der Waals surface area (Å²) in [6.07, 6.45) is 1.43. The molecule has 8 heteroatoms. The number of hydrogen-bond acceptors (Lipinski definition) is 6. The molecule has 0 aliphatic rings. The molecule has 1 aromatic heterocycles. The highest BCUT2D eigenvalue weighted by molar-refractivity contribution is 7.90. The highest BCUT2D eigenvalue weighted by Gasteiger charge is 2.23. The number of sulfone groups is 1. The monoisotopic (exact) mass is 291 g/mol. The molecule has 0 saturated carbocycles. The molecular formula is C11H21N3O4S. The lowest BCUT2D eigenvalue weighted by Gasteiger charge is -2.16. The van der Waals surface area contributed by atoms with Crippen molar-refractivity contribution in [1.82, 2.24) is 14.7 Å².